The van der Waals surface area contributed by atoms with Crippen molar-refractivity contribution in [2.45, 2.75) is 27.7 Å². The largest absolute Gasteiger partial charge is 1.00 e. The van der Waals surface area contributed by atoms with Crippen LogP contribution in [-0.2, 0) is 44.8 Å². The Morgan fingerprint density at radius 2 is 0.688 bits per heavy atom. The molecule has 16 heavy (non-hydrogen) atoms. The van der Waals surface area contributed by atoms with Crippen LogP contribution in [0.5, 0.6) is 0 Å². The van der Waals surface area contributed by atoms with Gasteiger partial charge in [0.1, 0.15) is 0 Å². The Hall–Kier alpha value is 2.34. The van der Waals surface area contributed by atoms with Gasteiger partial charge in [-0.2, -0.15) is 0 Å². The van der Waals surface area contributed by atoms with Crippen LogP contribution in [0, 0.1) is 26.7 Å². The molecule has 0 radical (unpaired) electrons. The Labute approximate surface area is 137 Å². The van der Waals surface area contributed by atoms with E-state index in [0.717, 1.165) is 0 Å². The van der Waals surface area contributed by atoms with Crippen LogP contribution < -0.4 is 0 Å². The normalized spacial score (nSPS) is 10.5. The van der Waals surface area contributed by atoms with E-state index in [1.54, 1.807) is 0 Å². The van der Waals surface area contributed by atoms with E-state index >= 15 is 0 Å². The van der Waals surface area contributed by atoms with E-state index in [-0.39, 0.29) is 44.8 Å². The van der Waals surface area contributed by atoms with Crippen molar-refractivity contribution in [3.8, 4) is 0 Å². The summed E-state index contributed by atoms with van der Waals surface area (Å²) in [4.78, 5) is 0. The maximum Gasteiger partial charge on any atom is 1.00 e. The van der Waals surface area contributed by atoms with Crippen molar-refractivity contribution >= 4 is 14.5 Å². The summed E-state index contributed by atoms with van der Waals surface area (Å²) in [5, 5.41) is 0. The van der Waals surface area contributed by atoms with E-state index in [1.165, 1.54) is 24.6 Å². The van der Waals surface area contributed by atoms with Crippen LogP contribution in [0.25, 0.3) is 0 Å². The fraction of sp³-hybridized carbons (Fsp3) is 0.667. The molecule has 0 saturated heterocycles. The molecule has 0 N–H and O–H groups in total. The smallest absolute Gasteiger partial charge is 0.263 e. The Balaban J connectivity index is -0.0000000800. The maximum absolute atomic E-state index is 4.01. The Kier molecular flexibility index (Phi) is 23.1. The van der Waals surface area contributed by atoms with Crippen LogP contribution in [0.4, 0.5) is 0 Å². The van der Waals surface area contributed by atoms with Gasteiger partial charge in [-0.1, -0.05) is 0 Å². The molecule has 0 aliphatic carbocycles. The molecule has 108 valence electrons. The summed E-state index contributed by atoms with van der Waals surface area (Å²) in [5.74, 6) is 0. The van der Waals surface area contributed by atoms with E-state index in [1.807, 2.05) is 0 Å². The average Bonchev–Trinajstić information content (AvgIpc) is 2.19. The second-order valence-electron chi connectivity index (χ2n) is 3.95. The summed E-state index contributed by atoms with van der Waals surface area (Å²) in [5.41, 5.74) is 0. The Morgan fingerprint density at radius 1 is 0.562 bits per heavy atom. The zero-order valence-corrected chi connectivity index (χ0v) is 17.3. The molecule has 0 bridgehead atoms. The predicted octanol–water partition coefficient (Wildman–Crippen LogP) is 5.25. The van der Waals surface area contributed by atoms with E-state index in [4.69, 9.17) is 0 Å². The second kappa shape index (κ2) is 13.8. The van der Waals surface area contributed by atoms with Crippen molar-refractivity contribution in [3.63, 3.8) is 0 Å². The first kappa shape index (κ1) is 26.8. The third-order valence-corrected chi connectivity index (χ3v) is 8.05. The van der Waals surface area contributed by atoms with Crippen LogP contribution >= 0.6 is 14.5 Å². The summed E-state index contributed by atoms with van der Waals surface area (Å²) < 4.78 is 0. The van der Waals surface area contributed by atoms with Gasteiger partial charge in [0, 0.05) is 24.6 Å². The fourth-order valence-corrected chi connectivity index (χ4v) is 1.34. The zero-order valence-electron chi connectivity index (χ0n) is 11.2. The molecule has 0 aliphatic heterocycles. The first-order valence-corrected chi connectivity index (χ1v) is 10.4. The van der Waals surface area contributed by atoms with Gasteiger partial charge < -0.3 is 0 Å². The molecule has 0 saturated carbocycles. The molecule has 0 rings (SSSR count). The first-order chi connectivity index (χ1) is 6.24. The molecule has 4 heteroatoms. The van der Waals surface area contributed by atoms with Gasteiger partial charge in [0.2, 0.25) is 0 Å². The van der Waals surface area contributed by atoms with E-state index in [0.29, 0.717) is 0 Å². The molecule has 0 aromatic carbocycles. The Bertz CT molecular complexity index is 109. The molecule has 0 aliphatic rings. The fourth-order valence-electron chi connectivity index (χ4n) is 0.447. The molecule has 0 amide bonds. The molecule has 0 spiro atoms. The summed E-state index contributed by atoms with van der Waals surface area (Å²) in [6, 6.07) is 0. The van der Waals surface area contributed by atoms with Crippen LogP contribution in [0.15, 0.2) is 0 Å². The predicted molar refractivity (Wildman–Crippen MR) is 77.4 cm³/mol. The summed E-state index contributed by atoms with van der Waals surface area (Å²) in [7, 11) is -1.81. The van der Waals surface area contributed by atoms with Gasteiger partial charge in [0.25, 0.3) is 0 Å². The van der Waals surface area contributed by atoms with E-state index in [2.05, 4.69) is 54.4 Å². The Morgan fingerprint density at radius 3 is 0.688 bits per heavy atom. The maximum atomic E-state index is 4.01. The van der Waals surface area contributed by atoms with E-state index in [9.17, 15) is 0 Å². The van der Waals surface area contributed by atoms with Gasteiger partial charge >= 0.3 is 44.8 Å². The number of rotatable bonds is 4. The molecule has 0 heterocycles. The summed E-state index contributed by atoms with van der Waals surface area (Å²) >= 11 is 0. The van der Waals surface area contributed by atoms with Gasteiger partial charge in [-0.3, -0.25) is 14.5 Å². The SMILES string of the molecule is [Au+].[Au+].[CH2-][P+]([CH2-])(CC)CC.[CH2-][P+]([CH2-])(CC)CC. The van der Waals surface area contributed by atoms with Crippen LogP contribution in [0.2, 0.25) is 0 Å². The number of hydrogen-bond donors (Lipinski definition) is 0. The molecule has 0 aromatic rings. The second-order valence-corrected chi connectivity index (χ2v) is 11.8. The van der Waals surface area contributed by atoms with Gasteiger partial charge in [-0.15, -0.1) is 0 Å². The standard InChI is InChI=1S/2C6H14P.2Au/c2*1-5-7(3,4)6-2;;/h2*3-6H2,1-2H3;;/q2*-1;2*+1. The third-order valence-electron chi connectivity index (χ3n) is 2.68. The zero-order chi connectivity index (χ0) is 11.8. The minimum Gasteiger partial charge on any atom is -0.263 e. The summed E-state index contributed by atoms with van der Waals surface area (Å²) in [6.07, 6.45) is 4.74. The first-order valence-electron chi connectivity index (χ1n) is 5.36. The molecule has 0 unspecified atom stereocenters. The van der Waals surface area contributed by atoms with Crippen molar-refractivity contribution in [3.05, 3.63) is 26.7 Å². The van der Waals surface area contributed by atoms with Crippen LogP contribution in [0.3, 0.4) is 0 Å². The van der Waals surface area contributed by atoms with Crippen LogP contribution in [0.1, 0.15) is 27.7 Å². The quantitative estimate of drug-likeness (QED) is 0.227. The molecule has 0 aromatic heterocycles. The molecule has 0 fully saturated rings. The van der Waals surface area contributed by atoms with E-state index < -0.39 is 14.5 Å². The van der Waals surface area contributed by atoms with Crippen molar-refractivity contribution in [1.82, 2.24) is 0 Å². The summed E-state index contributed by atoms with van der Waals surface area (Å²) in [6.45, 7) is 24.7. The van der Waals surface area contributed by atoms with Crippen molar-refractivity contribution < 1.29 is 44.8 Å². The molecular formula is C12H28Au2P2. The third kappa shape index (κ3) is 18.7. The molecule has 0 atom stereocenters. The van der Waals surface area contributed by atoms with Crippen molar-refractivity contribution in [2.24, 2.45) is 0 Å². The van der Waals surface area contributed by atoms with Crippen molar-refractivity contribution in [1.29, 1.82) is 0 Å². The van der Waals surface area contributed by atoms with Gasteiger partial charge in [-0.25, -0.2) is 26.7 Å². The van der Waals surface area contributed by atoms with Gasteiger partial charge in [0.15, 0.2) is 0 Å². The molecular weight excluding hydrogens is 600 g/mol. The molecule has 0 nitrogen and oxygen atoms in total. The topological polar surface area (TPSA) is 0 Å². The minimum absolute atomic E-state index is 0. The average molecular weight is 628 g/mol. The van der Waals surface area contributed by atoms with Gasteiger partial charge in [-0.05, 0) is 27.7 Å². The van der Waals surface area contributed by atoms with Crippen molar-refractivity contribution in [2.75, 3.05) is 24.6 Å². The minimum atomic E-state index is -0.904. The number of hydrogen-bond acceptors (Lipinski definition) is 0. The van der Waals surface area contributed by atoms with Crippen LogP contribution in [-0.4, -0.2) is 24.6 Å². The monoisotopic (exact) mass is 628 g/mol. The van der Waals surface area contributed by atoms with Gasteiger partial charge in [0.05, 0.1) is 0 Å².